The number of nitrogens with zero attached hydrogens (tertiary/aromatic N) is 3. The molecule has 9 heteroatoms. The van der Waals surface area contributed by atoms with Crippen LogP contribution in [0.15, 0.2) is 28.8 Å². The fraction of sp³-hybridized carbons (Fsp3) is 0.333. The van der Waals surface area contributed by atoms with Crippen LogP contribution >= 0.6 is 0 Å². The van der Waals surface area contributed by atoms with Crippen molar-refractivity contribution in [3.05, 3.63) is 47.0 Å². The minimum atomic E-state index is -0.235. The van der Waals surface area contributed by atoms with Gasteiger partial charge in [-0.2, -0.15) is 4.98 Å². The van der Waals surface area contributed by atoms with E-state index in [9.17, 15) is 4.79 Å². The Hall–Kier alpha value is -3.20. The molecule has 0 fully saturated rings. The lowest BCUT2D eigenvalue weighted by molar-refractivity contribution is 0.0950. The molecular weight excluding hydrogens is 350 g/mol. The highest BCUT2D eigenvalue weighted by Gasteiger charge is 2.29. The molecule has 0 spiro atoms. The third-order valence-electron chi connectivity index (χ3n) is 4.48. The van der Waals surface area contributed by atoms with Crippen molar-refractivity contribution in [1.29, 1.82) is 0 Å². The molecule has 1 atom stereocenters. The molecule has 4 rings (SSSR count). The Balaban J connectivity index is 1.66. The molecule has 3 heterocycles. The van der Waals surface area contributed by atoms with E-state index < -0.39 is 0 Å². The van der Waals surface area contributed by atoms with Gasteiger partial charge in [0, 0.05) is 25.3 Å². The highest BCUT2D eigenvalue weighted by atomic mass is 16.5. The standard InChI is InChI=1S/C18H19N5O4/c1-25-9-14-21-18(27-23-14)16-20-12-7-10(8-19-17(24)15(12)22-16)11-5-3-4-6-13(11)26-2/h3-6,10H,7-9H2,1-2H3,(H,19,24)(H,20,22)/t10-/m1/s1. The minimum Gasteiger partial charge on any atom is -0.496 e. The van der Waals surface area contributed by atoms with Crippen molar-refractivity contribution >= 4 is 5.91 Å². The van der Waals surface area contributed by atoms with Gasteiger partial charge in [-0.05, 0) is 18.1 Å². The largest absolute Gasteiger partial charge is 0.496 e. The molecular formula is C18H19N5O4. The predicted molar refractivity (Wildman–Crippen MR) is 94.4 cm³/mol. The molecule has 1 aliphatic rings. The number of benzene rings is 1. The summed E-state index contributed by atoms with van der Waals surface area (Å²) in [5.74, 6) is 1.60. The van der Waals surface area contributed by atoms with E-state index in [-0.39, 0.29) is 24.3 Å². The smallest absolute Gasteiger partial charge is 0.293 e. The van der Waals surface area contributed by atoms with E-state index in [0.29, 0.717) is 30.3 Å². The average molecular weight is 369 g/mol. The number of H-pyrrole nitrogens is 1. The summed E-state index contributed by atoms with van der Waals surface area (Å²) in [6.45, 7) is 0.734. The molecule has 0 saturated carbocycles. The van der Waals surface area contributed by atoms with Crippen molar-refractivity contribution in [3.8, 4) is 17.5 Å². The zero-order valence-electron chi connectivity index (χ0n) is 15.0. The van der Waals surface area contributed by atoms with E-state index >= 15 is 0 Å². The number of para-hydroxylation sites is 1. The number of fused-ring (bicyclic) bond motifs is 1. The van der Waals surface area contributed by atoms with Crippen molar-refractivity contribution in [1.82, 2.24) is 25.4 Å². The van der Waals surface area contributed by atoms with Gasteiger partial charge in [-0.1, -0.05) is 23.4 Å². The summed E-state index contributed by atoms with van der Waals surface area (Å²) in [6, 6.07) is 7.80. The molecule has 1 aromatic carbocycles. The van der Waals surface area contributed by atoms with Crippen molar-refractivity contribution in [2.75, 3.05) is 20.8 Å². The van der Waals surface area contributed by atoms with Gasteiger partial charge in [0.15, 0.2) is 11.6 Å². The van der Waals surface area contributed by atoms with Crippen molar-refractivity contribution < 1.29 is 18.8 Å². The van der Waals surface area contributed by atoms with Crippen LogP contribution < -0.4 is 10.1 Å². The Kier molecular flexibility index (Phi) is 4.59. The number of carbonyl (C=O) groups is 1. The van der Waals surface area contributed by atoms with Crippen LogP contribution in [0.4, 0.5) is 0 Å². The van der Waals surface area contributed by atoms with E-state index in [4.69, 9.17) is 14.0 Å². The number of ether oxygens (including phenoxy) is 2. The zero-order chi connectivity index (χ0) is 18.8. The molecule has 0 radical (unpaired) electrons. The first-order chi connectivity index (χ1) is 13.2. The zero-order valence-corrected chi connectivity index (χ0v) is 15.0. The van der Waals surface area contributed by atoms with Gasteiger partial charge in [0.25, 0.3) is 11.8 Å². The van der Waals surface area contributed by atoms with Crippen LogP contribution in [0.1, 0.15) is 33.5 Å². The van der Waals surface area contributed by atoms with Gasteiger partial charge < -0.3 is 24.3 Å². The first-order valence-electron chi connectivity index (χ1n) is 8.51. The molecule has 9 nitrogen and oxygen atoms in total. The van der Waals surface area contributed by atoms with Crippen LogP contribution in [-0.2, 0) is 17.8 Å². The maximum absolute atomic E-state index is 12.5. The second-order valence-electron chi connectivity index (χ2n) is 6.21. The summed E-state index contributed by atoms with van der Waals surface area (Å²) in [5.41, 5.74) is 2.10. The van der Waals surface area contributed by atoms with Crippen molar-refractivity contribution in [2.45, 2.75) is 18.9 Å². The van der Waals surface area contributed by atoms with Crippen LogP contribution in [0.3, 0.4) is 0 Å². The van der Waals surface area contributed by atoms with Gasteiger partial charge >= 0.3 is 0 Å². The summed E-state index contributed by atoms with van der Waals surface area (Å²) in [5, 5.41) is 6.75. The molecule has 2 N–H and O–H groups in total. The van der Waals surface area contributed by atoms with Crippen LogP contribution in [0, 0.1) is 0 Å². The van der Waals surface area contributed by atoms with Gasteiger partial charge in [-0.3, -0.25) is 4.79 Å². The topological polar surface area (TPSA) is 115 Å². The molecule has 0 saturated heterocycles. The van der Waals surface area contributed by atoms with Crippen LogP contribution in [0.2, 0.25) is 0 Å². The lowest BCUT2D eigenvalue weighted by Crippen LogP contribution is -2.26. The first-order valence-corrected chi connectivity index (χ1v) is 8.51. The molecule has 3 aromatic rings. The molecule has 1 amide bonds. The molecule has 27 heavy (non-hydrogen) atoms. The van der Waals surface area contributed by atoms with Crippen molar-refractivity contribution in [3.63, 3.8) is 0 Å². The highest BCUT2D eigenvalue weighted by molar-refractivity contribution is 5.94. The lowest BCUT2D eigenvalue weighted by Gasteiger charge is -2.17. The quantitative estimate of drug-likeness (QED) is 0.703. The number of hydrogen-bond donors (Lipinski definition) is 2. The monoisotopic (exact) mass is 369 g/mol. The molecule has 140 valence electrons. The third kappa shape index (κ3) is 3.28. The summed E-state index contributed by atoms with van der Waals surface area (Å²) >= 11 is 0. The Morgan fingerprint density at radius 3 is 2.93 bits per heavy atom. The van der Waals surface area contributed by atoms with Gasteiger partial charge in [0.1, 0.15) is 18.1 Å². The van der Waals surface area contributed by atoms with E-state index in [1.165, 1.54) is 0 Å². The number of nitrogens with one attached hydrogen (secondary N) is 2. The fourth-order valence-corrected chi connectivity index (χ4v) is 3.23. The summed E-state index contributed by atoms with van der Waals surface area (Å²) < 4.78 is 15.7. The van der Waals surface area contributed by atoms with E-state index in [2.05, 4.69) is 25.4 Å². The predicted octanol–water partition coefficient (Wildman–Crippen LogP) is 1.68. The number of hydrogen-bond acceptors (Lipinski definition) is 7. The van der Waals surface area contributed by atoms with Crippen LogP contribution in [0.25, 0.3) is 11.7 Å². The van der Waals surface area contributed by atoms with Gasteiger partial charge in [0.2, 0.25) is 0 Å². The maximum atomic E-state index is 12.5. The number of methoxy groups -OCH3 is 2. The van der Waals surface area contributed by atoms with E-state index in [0.717, 1.165) is 17.0 Å². The molecule has 0 bridgehead atoms. The Morgan fingerprint density at radius 2 is 2.11 bits per heavy atom. The summed E-state index contributed by atoms with van der Waals surface area (Å²) in [6.07, 6.45) is 0.598. The first kappa shape index (κ1) is 17.2. The maximum Gasteiger partial charge on any atom is 0.293 e. The summed E-state index contributed by atoms with van der Waals surface area (Å²) in [7, 11) is 3.19. The number of aromatic nitrogens is 4. The second-order valence-corrected chi connectivity index (χ2v) is 6.21. The Labute approximate surface area is 155 Å². The second kappa shape index (κ2) is 7.20. The number of rotatable bonds is 5. The average Bonchev–Trinajstić information content (AvgIpc) is 3.29. The highest BCUT2D eigenvalue weighted by Crippen LogP contribution is 2.31. The molecule has 0 aliphatic carbocycles. The van der Waals surface area contributed by atoms with Crippen LogP contribution in [0.5, 0.6) is 5.75 Å². The fourth-order valence-electron chi connectivity index (χ4n) is 3.23. The Morgan fingerprint density at radius 1 is 1.26 bits per heavy atom. The summed E-state index contributed by atoms with van der Waals surface area (Å²) in [4.78, 5) is 24.2. The van der Waals surface area contributed by atoms with Crippen molar-refractivity contribution in [2.24, 2.45) is 0 Å². The number of amides is 1. The van der Waals surface area contributed by atoms with Crippen LogP contribution in [-0.4, -0.2) is 46.8 Å². The Bertz CT molecular complexity index is 964. The minimum absolute atomic E-state index is 0.0476. The molecule has 1 aliphatic heterocycles. The molecule has 0 unspecified atom stereocenters. The molecule has 2 aromatic heterocycles. The van der Waals surface area contributed by atoms with Gasteiger partial charge in [-0.15, -0.1) is 0 Å². The lowest BCUT2D eigenvalue weighted by atomic mass is 9.93. The number of carbonyl (C=O) groups excluding carboxylic acids is 1. The number of imidazole rings is 1. The van der Waals surface area contributed by atoms with E-state index in [1.54, 1.807) is 14.2 Å². The van der Waals surface area contributed by atoms with Gasteiger partial charge in [0.05, 0.1) is 7.11 Å². The third-order valence-corrected chi connectivity index (χ3v) is 4.48. The van der Waals surface area contributed by atoms with E-state index in [1.807, 2.05) is 24.3 Å². The number of aromatic amines is 1. The SMILES string of the molecule is COCc1noc(-c2nc3c([nH]2)C[C@@H](c2ccccc2OC)CNC3=O)n1. The normalized spacial score (nSPS) is 16.5. The van der Waals surface area contributed by atoms with Gasteiger partial charge in [-0.25, -0.2) is 4.98 Å².